The highest BCUT2D eigenvalue weighted by Gasteiger charge is 2.43. The Bertz CT molecular complexity index is 1030. The van der Waals surface area contributed by atoms with Gasteiger partial charge < -0.3 is 15.4 Å². The van der Waals surface area contributed by atoms with Crippen LogP contribution in [0.1, 0.15) is 19.4 Å². The molecule has 31 heavy (non-hydrogen) atoms. The van der Waals surface area contributed by atoms with Gasteiger partial charge in [0.25, 0.3) is 5.91 Å². The molecule has 160 valence electrons. The van der Waals surface area contributed by atoms with Gasteiger partial charge in [0.2, 0.25) is 11.8 Å². The number of hydrogen-bond acceptors (Lipinski definition) is 5. The molecule has 2 aromatic rings. The first-order chi connectivity index (χ1) is 14.8. The SMILES string of the molecule is CC1(C)C(=O)Nc2ccccc2N1C(=O)COC(=O)CNC(=O)/C=C/c1ccccc1. The molecule has 0 bridgehead atoms. The lowest BCUT2D eigenvalue weighted by molar-refractivity contribution is -0.148. The number of carbonyl (C=O) groups is 4. The quantitative estimate of drug-likeness (QED) is 0.549. The van der Waals surface area contributed by atoms with Crippen molar-refractivity contribution < 1.29 is 23.9 Å². The van der Waals surface area contributed by atoms with Crippen molar-refractivity contribution in [2.45, 2.75) is 19.4 Å². The van der Waals surface area contributed by atoms with Gasteiger partial charge in [-0.25, -0.2) is 0 Å². The maximum atomic E-state index is 12.8. The van der Waals surface area contributed by atoms with Gasteiger partial charge >= 0.3 is 5.97 Å². The van der Waals surface area contributed by atoms with Crippen LogP contribution in [0.5, 0.6) is 0 Å². The maximum Gasteiger partial charge on any atom is 0.325 e. The number of amides is 3. The highest BCUT2D eigenvalue weighted by molar-refractivity contribution is 6.14. The number of nitrogens with one attached hydrogen (secondary N) is 2. The molecular weight excluding hydrogens is 398 g/mol. The van der Waals surface area contributed by atoms with Crippen LogP contribution in [0.25, 0.3) is 6.08 Å². The number of rotatable bonds is 6. The molecule has 1 aliphatic rings. The smallest absolute Gasteiger partial charge is 0.325 e. The zero-order valence-electron chi connectivity index (χ0n) is 17.3. The molecule has 0 saturated carbocycles. The number of anilines is 2. The molecule has 0 fully saturated rings. The van der Waals surface area contributed by atoms with E-state index in [9.17, 15) is 19.2 Å². The highest BCUT2D eigenvalue weighted by Crippen LogP contribution is 2.36. The normalized spacial score (nSPS) is 14.5. The molecule has 8 nitrogen and oxygen atoms in total. The van der Waals surface area contributed by atoms with Gasteiger partial charge in [0.15, 0.2) is 6.61 Å². The van der Waals surface area contributed by atoms with E-state index in [0.717, 1.165) is 5.56 Å². The number of para-hydroxylation sites is 2. The van der Waals surface area contributed by atoms with Crippen LogP contribution in [0.3, 0.4) is 0 Å². The molecule has 0 spiro atoms. The average molecular weight is 421 g/mol. The van der Waals surface area contributed by atoms with Crippen molar-refractivity contribution in [1.82, 2.24) is 5.32 Å². The zero-order chi connectivity index (χ0) is 22.4. The summed E-state index contributed by atoms with van der Waals surface area (Å²) in [4.78, 5) is 50.3. The molecule has 0 atom stereocenters. The van der Waals surface area contributed by atoms with Crippen LogP contribution in [-0.4, -0.2) is 42.4 Å². The van der Waals surface area contributed by atoms with Gasteiger partial charge in [-0.2, -0.15) is 0 Å². The Hall–Kier alpha value is -3.94. The van der Waals surface area contributed by atoms with Gasteiger partial charge in [0, 0.05) is 6.08 Å². The first kappa shape index (κ1) is 21.8. The minimum atomic E-state index is -1.16. The summed E-state index contributed by atoms with van der Waals surface area (Å²) in [6, 6.07) is 16.1. The number of hydrogen-bond donors (Lipinski definition) is 2. The minimum Gasteiger partial charge on any atom is -0.454 e. The molecule has 3 amide bonds. The second kappa shape index (κ2) is 9.25. The molecule has 2 aromatic carbocycles. The lowest BCUT2D eigenvalue weighted by atomic mass is 9.96. The third-order valence-electron chi connectivity index (χ3n) is 4.75. The van der Waals surface area contributed by atoms with E-state index in [-0.39, 0.29) is 12.5 Å². The highest BCUT2D eigenvalue weighted by atomic mass is 16.5. The van der Waals surface area contributed by atoms with Crippen molar-refractivity contribution in [3.05, 3.63) is 66.2 Å². The Morgan fingerprint density at radius 2 is 1.74 bits per heavy atom. The second-order valence-corrected chi connectivity index (χ2v) is 7.38. The molecular formula is C23H23N3O5. The van der Waals surface area contributed by atoms with Crippen molar-refractivity contribution in [2.24, 2.45) is 0 Å². The molecule has 0 aliphatic carbocycles. The summed E-state index contributed by atoms with van der Waals surface area (Å²) >= 11 is 0. The van der Waals surface area contributed by atoms with E-state index in [1.165, 1.54) is 11.0 Å². The molecule has 3 rings (SSSR count). The molecule has 0 saturated heterocycles. The first-order valence-electron chi connectivity index (χ1n) is 9.69. The monoisotopic (exact) mass is 421 g/mol. The summed E-state index contributed by atoms with van der Waals surface area (Å²) in [6.45, 7) is 2.28. The Morgan fingerprint density at radius 1 is 1.06 bits per heavy atom. The van der Waals surface area contributed by atoms with E-state index in [4.69, 9.17) is 4.74 Å². The number of carbonyl (C=O) groups excluding carboxylic acids is 4. The van der Waals surface area contributed by atoms with Gasteiger partial charge in [-0.15, -0.1) is 0 Å². The number of esters is 1. The van der Waals surface area contributed by atoms with E-state index >= 15 is 0 Å². The molecule has 0 aromatic heterocycles. The van der Waals surface area contributed by atoms with E-state index < -0.39 is 29.9 Å². The fourth-order valence-corrected chi connectivity index (χ4v) is 3.11. The summed E-state index contributed by atoms with van der Waals surface area (Å²) in [5, 5.41) is 5.17. The van der Waals surface area contributed by atoms with Crippen LogP contribution in [0.4, 0.5) is 11.4 Å². The van der Waals surface area contributed by atoms with Crippen molar-refractivity contribution in [1.29, 1.82) is 0 Å². The van der Waals surface area contributed by atoms with Gasteiger partial charge in [-0.05, 0) is 37.6 Å². The molecule has 1 heterocycles. The molecule has 8 heteroatoms. The predicted octanol–water partition coefficient (Wildman–Crippen LogP) is 2.12. The zero-order valence-corrected chi connectivity index (χ0v) is 17.3. The number of nitrogens with zero attached hydrogens (tertiary/aromatic N) is 1. The lowest BCUT2D eigenvalue weighted by Crippen LogP contribution is -2.59. The van der Waals surface area contributed by atoms with E-state index in [2.05, 4.69) is 10.6 Å². The molecule has 1 aliphatic heterocycles. The Labute approximate surface area is 179 Å². The summed E-state index contributed by atoms with van der Waals surface area (Å²) in [5.74, 6) is -2.11. The Balaban J connectivity index is 1.54. The number of ether oxygens (including phenoxy) is 1. The Kier molecular flexibility index (Phi) is 6.49. The van der Waals surface area contributed by atoms with E-state index in [1.54, 1.807) is 44.2 Å². The fraction of sp³-hybridized carbons (Fsp3) is 0.217. The van der Waals surface area contributed by atoms with Crippen LogP contribution in [0, 0.1) is 0 Å². The minimum absolute atomic E-state index is 0.344. The first-order valence-corrected chi connectivity index (χ1v) is 9.69. The summed E-state index contributed by atoms with van der Waals surface area (Å²) in [5.41, 5.74) is 0.713. The number of fused-ring (bicyclic) bond motifs is 1. The van der Waals surface area contributed by atoms with Crippen LogP contribution in [0.15, 0.2) is 60.7 Å². The number of benzene rings is 2. The second-order valence-electron chi connectivity index (χ2n) is 7.38. The van der Waals surface area contributed by atoms with Gasteiger partial charge in [-0.3, -0.25) is 24.1 Å². The standard InChI is InChI=1S/C23H23N3O5/c1-23(2)22(30)25-17-10-6-7-11-18(17)26(23)20(28)15-31-21(29)14-24-19(27)13-12-16-8-4-3-5-9-16/h3-13H,14-15H2,1-2H3,(H,24,27)(H,25,30)/b13-12+. The molecule has 0 unspecified atom stereocenters. The van der Waals surface area contributed by atoms with E-state index in [0.29, 0.717) is 11.4 Å². The summed E-state index contributed by atoms with van der Waals surface area (Å²) < 4.78 is 5.01. The van der Waals surface area contributed by atoms with Crippen LogP contribution >= 0.6 is 0 Å². The van der Waals surface area contributed by atoms with E-state index in [1.807, 2.05) is 30.3 Å². The van der Waals surface area contributed by atoms with Crippen LogP contribution in [-0.2, 0) is 23.9 Å². The van der Waals surface area contributed by atoms with Crippen LogP contribution in [0.2, 0.25) is 0 Å². The summed E-state index contributed by atoms with van der Waals surface area (Å²) in [6.07, 6.45) is 2.92. The third kappa shape index (κ3) is 5.16. The van der Waals surface area contributed by atoms with Crippen molar-refractivity contribution in [3.63, 3.8) is 0 Å². The Morgan fingerprint density at radius 3 is 2.48 bits per heavy atom. The van der Waals surface area contributed by atoms with Crippen molar-refractivity contribution in [3.8, 4) is 0 Å². The largest absolute Gasteiger partial charge is 0.454 e. The van der Waals surface area contributed by atoms with Crippen molar-refractivity contribution >= 4 is 41.1 Å². The average Bonchev–Trinajstić information content (AvgIpc) is 2.76. The summed E-state index contributed by atoms with van der Waals surface area (Å²) in [7, 11) is 0. The van der Waals surface area contributed by atoms with Gasteiger partial charge in [-0.1, -0.05) is 42.5 Å². The topological polar surface area (TPSA) is 105 Å². The predicted molar refractivity (Wildman–Crippen MR) is 116 cm³/mol. The lowest BCUT2D eigenvalue weighted by Gasteiger charge is -2.41. The maximum absolute atomic E-state index is 12.8. The van der Waals surface area contributed by atoms with Gasteiger partial charge in [0.05, 0.1) is 11.4 Å². The third-order valence-corrected chi connectivity index (χ3v) is 4.75. The molecule has 0 radical (unpaired) electrons. The van der Waals surface area contributed by atoms with Crippen LogP contribution < -0.4 is 15.5 Å². The van der Waals surface area contributed by atoms with Gasteiger partial charge in [0.1, 0.15) is 12.1 Å². The van der Waals surface area contributed by atoms with Crippen molar-refractivity contribution in [2.75, 3.05) is 23.4 Å². The molecule has 2 N–H and O–H groups in total. The fourth-order valence-electron chi connectivity index (χ4n) is 3.11.